The quantitative estimate of drug-likeness (QED) is 0.550. The molecule has 1 aromatic carbocycles. The van der Waals surface area contributed by atoms with Crippen molar-refractivity contribution in [1.29, 1.82) is 0 Å². The molecule has 0 radical (unpaired) electrons. The molecule has 1 rings (SSSR count). The summed E-state index contributed by atoms with van der Waals surface area (Å²) in [5, 5.41) is 22.3. The Morgan fingerprint density at radius 1 is 1.56 bits per heavy atom. The van der Waals surface area contributed by atoms with Crippen LogP contribution in [0, 0.1) is 10.1 Å². The Morgan fingerprint density at radius 3 is 2.78 bits per heavy atom. The number of methoxy groups -OCH3 is 1. The molecule has 0 aliphatic heterocycles. The van der Waals surface area contributed by atoms with Crippen LogP contribution >= 0.6 is 0 Å². The van der Waals surface area contributed by atoms with Crippen molar-refractivity contribution in [2.75, 3.05) is 13.7 Å². The molecule has 0 aliphatic carbocycles. The average Bonchev–Trinajstić information content (AvgIpc) is 2.34. The van der Waals surface area contributed by atoms with E-state index in [0.29, 0.717) is 5.56 Å². The Morgan fingerprint density at radius 2 is 2.22 bits per heavy atom. The lowest BCUT2D eigenvalue weighted by molar-refractivity contribution is -0.385. The maximum Gasteiger partial charge on any atom is 0.323 e. The Kier molecular flexibility index (Phi) is 5.22. The zero-order valence-corrected chi connectivity index (χ0v) is 9.83. The second-order valence-corrected chi connectivity index (χ2v) is 3.61. The highest BCUT2D eigenvalue weighted by Crippen LogP contribution is 2.17. The predicted octanol–water partition coefficient (Wildman–Crippen LogP) is 0.784. The van der Waals surface area contributed by atoms with E-state index in [4.69, 9.17) is 9.84 Å². The number of nitrogens with zero attached hydrogens (tertiary/aromatic N) is 1. The van der Waals surface area contributed by atoms with Gasteiger partial charge < -0.3 is 9.84 Å². The summed E-state index contributed by atoms with van der Waals surface area (Å²) in [4.78, 5) is 21.1. The summed E-state index contributed by atoms with van der Waals surface area (Å²) >= 11 is 0. The number of aliphatic carboxylic acids is 1. The Labute approximate surface area is 104 Å². The maximum absolute atomic E-state index is 10.9. The van der Waals surface area contributed by atoms with Crippen LogP contribution in [0.3, 0.4) is 0 Å². The average molecular weight is 254 g/mol. The van der Waals surface area contributed by atoms with E-state index in [0.717, 1.165) is 0 Å². The van der Waals surface area contributed by atoms with Crippen LogP contribution in [-0.2, 0) is 16.1 Å². The van der Waals surface area contributed by atoms with E-state index < -0.39 is 16.9 Å². The highest BCUT2D eigenvalue weighted by molar-refractivity contribution is 5.73. The van der Waals surface area contributed by atoms with Crippen LogP contribution < -0.4 is 5.32 Å². The first-order chi connectivity index (χ1) is 8.56. The van der Waals surface area contributed by atoms with Crippen molar-refractivity contribution in [3.63, 3.8) is 0 Å². The zero-order valence-electron chi connectivity index (χ0n) is 9.83. The number of nitro benzene ring substituents is 1. The monoisotopic (exact) mass is 254 g/mol. The Bertz CT molecular complexity index is 435. The second-order valence-electron chi connectivity index (χ2n) is 3.61. The molecular weight excluding hydrogens is 240 g/mol. The van der Waals surface area contributed by atoms with Gasteiger partial charge in [0.05, 0.1) is 11.5 Å². The lowest BCUT2D eigenvalue weighted by Gasteiger charge is -2.13. The second kappa shape index (κ2) is 6.67. The van der Waals surface area contributed by atoms with Crippen LogP contribution in [0.5, 0.6) is 0 Å². The number of carboxylic acid groups (broad SMARTS) is 1. The third-order valence-corrected chi connectivity index (χ3v) is 2.36. The normalized spacial score (nSPS) is 12.1. The van der Waals surface area contributed by atoms with Crippen molar-refractivity contribution in [2.45, 2.75) is 12.6 Å². The summed E-state index contributed by atoms with van der Waals surface area (Å²) in [6.45, 7) is 0.0907. The molecule has 0 heterocycles. The SMILES string of the molecule is COCC(NCc1ccccc1[N+](=O)[O-])C(=O)O. The molecular formula is C11H14N2O5. The first-order valence-corrected chi connectivity index (χ1v) is 5.23. The van der Waals surface area contributed by atoms with Crippen LogP contribution in [0.25, 0.3) is 0 Å². The molecule has 0 saturated heterocycles. The summed E-state index contributed by atoms with van der Waals surface area (Å²) in [5.74, 6) is -1.06. The van der Waals surface area contributed by atoms with Crippen LogP contribution in [-0.4, -0.2) is 35.8 Å². The summed E-state index contributed by atoms with van der Waals surface area (Å²) in [6, 6.07) is 5.29. The van der Waals surface area contributed by atoms with Crippen molar-refractivity contribution < 1.29 is 19.6 Å². The number of benzene rings is 1. The number of hydrogen-bond donors (Lipinski definition) is 2. The van der Waals surface area contributed by atoms with Gasteiger partial charge in [-0.1, -0.05) is 18.2 Å². The minimum atomic E-state index is -1.06. The largest absolute Gasteiger partial charge is 0.480 e. The van der Waals surface area contributed by atoms with Gasteiger partial charge in [-0.05, 0) is 0 Å². The van der Waals surface area contributed by atoms with E-state index in [2.05, 4.69) is 5.32 Å². The summed E-state index contributed by atoms with van der Waals surface area (Å²) < 4.78 is 4.75. The summed E-state index contributed by atoms with van der Waals surface area (Å²) in [5.41, 5.74) is 0.399. The molecule has 0 spiro atoms. The third-order valence-electron chi connectivity index (χ3n) is 2.36. The van der Waals surface area contributed by atoms with Crippen molar-refractivity contribution in [2.24, 2.45) is 0 Å². The van der Waals surface area contributed by atoms with Crippen LogP contribution in [0.2, 0.25) is 0 Å². The van der Waals surface area contributed by atoms with E-state index in [-0.39, 0.29) is 18.8 Å². The fourth-order valence-electron chi connectivity index (χ4n) is 1.46. The number of nitro groups is 1. The van der Waals surface area contributed by atoms with Gasteiger partial charge in [0.1, 0.15) is 6.04 Å². The Balaban J connectivity index is 2.73. The van der Waals surface area contributed by atoms with Gasteiger partial charge in [0.2, 0.25) is 0 Å². The standard InChI is InChI=1S/C11H14N2O5/c1-18-7-9(11(14)15)12-6-8-4-2-3-5-10(8)13(16)17/h2-5,9,12H,6-7H2,1H3,(H,14,15). The molecule has 1 atom stereocenters. The molecule has 7 nitrogen and oxygen atoms in total. The molecule has 0 bridgehead atoms. The lowest BCUT2D eigenvalue weighted by atomic mass is 10.1. The number of carboxylic acids is 1. The molecule has 0 fully saturated rings. The fraction of sp³-hybridized carbons (Fsp3) is 0.364. The van der Waals surface area contributed by atoms with E-state index in [9.17, 15) is 14.9 Å². The number of hydrogen-bond acceptors (Lipinski definition) is 5. The smallest absolute Gasteiger partial charge is 0.323 e. The molecule has 1 unspecified atom stereocenters. The van der Waals surface area contributed by atoms with Gasteiger partial charge in [-0.15, -0.1) is 0 Å². The van der Waals surface area contributed by atoms with Crippen LogP contribution in [0.4, 0.5) is 5.69 Å². The molecule has 0 saturated carbocycles. The summed E-state index contributed by atoms with van der Waals surface area (Å²) in [7, 11) is 1.39. The van der Waals surface area contributed by atoms with E-state index >= 15 is 0 Å². The molecule has 0 aromatic heterocycles. The molecule has 2 N–H and O–H groups in total. The molecule has 0 amide bonds. The number of carbonyl (C=O) groups is 1. The predicted molar refractivity (Wildman–Crippen MR) is 63.2 cm³/mol. The highest BCUT2D eigenvalue weighted by atomic mass is 16.6. The van der Waals surface area contributed by atoms with Gasteiger partial charge in [0, 0.05) is 25.3 Å². The first kappa shape index (κ1) is 14.1. The van der Waals surface area contributed by atoms with Gasteiger partial charge in [0.15, 0.2) is 0 Å². The van der Waals surface area contributed by atoms with E-state index in [1.807, 2.05) is 0 Å². The maximum atomic E-state index is 10.9. The van der Waals surface area contributed by atoms with Crippen molar-refractivity contribution >= 4 is 11.7 Å². The molecule has 1 aromatic rings. The number of nitrogens with one attached hydrogen (secondary N) is 1. The van der Waals surface area contributed by atoms with Gasteiger partial charge in [-0.2, -0.15) is 0 Å². The van der Waals surface area contributed by atoms with Crippen molar-refractivity contribution in [3.05, 3.63) is 39.9 Å². The van der Waals surface area contributed by atoms with Crippen molar-refractivity contribution in [3.8, 4) is 0 Å². The molecule has 0 aliphatic rings. The van der Waals surface area contributed by atoms with Gasteiger partial charge in [-0.3, -0.25) is 20.2 Å². The third kappa shape index (κ3) is 3.79. The van der Waals surface area contributed by atoms with E-state index in [1.165, 1.54) is 13.2 Å². The topological polar surface area (TPSA) is 102 Å². The fourth-order valence-corrected chi connectivity index (χ4v) is 1.46. The van der Waals surface area contributed by atoms with Crippen molar-refractivity contribution in [1.82, 2.24) is 5.32 Å². The molecule has 18 heavy (non-hydrogen) atoms. The van der Waals surface area contributed by atoms with Gasteiger partial charge in [0.25, 0.3) is 5.69 Å². The molecule has 98 valence electrons. The number of rotatable bonds is 7. The zero-order chi connectivity index (χ0) is 13.5. The highest BCUT2D eigenvalue weighted by Gasteiger charge is 2.18. The minimum absolute atomic E-state index is 0.00400. The van der Waals surface area contributed by atoms with Crippen LogP contribution in [0.1, 0.15) is 5.56 Å². The Hall–Kier alpha value is -1.99. The minimum Gasteiger partial charge on any atom is -0.480 e. The number of para-hydroxylation sites is 1. The van der Waals surface area contributed by atoms with Crippen LogP contribution in [0.15, 0.2) is 24.3 Å². The lowest BCUT2D eigenvalue weighted by Crippen LogP contribution is -2.39. The first-order valence-electron chi connectivity index (χ1n) is 5.23. The number of ether oxygens (including phenoxy) is 1. The van der Waals surface area contributed by atoms with E-state index in [1.54, 1.807) is 18.2 Å². The molecule has 7 heteroatoms. The van der Waals surface area contributed by atoms with Gasteiger partial charge in [-0.25, -0.2) is 0 Å². The summed E-state index contributed by atoms with van der Waals surface area (Å²) in [6.07, 6.45) is 0. The van der Waals surface area contributed by atoms with Gasteiger partial charge >= 0.3 is 5.97 Å².